The van der Waals surface area contributed by atoms with E-state index in [1.54, 1.807) is 13.4 Å². The van der Waals surface area contributed by atoms with Crippen LogP contribution in [-0.4, -0.2) is 50.5 Å². The van der Waals surface area contributed by atoms with E-state index in [0.29, 0.717) is 13.2 Å². The van der Waals surface area contributed by atoms with Gasteiger partial charge in [0.25, 0.3) is 0 Å². The number of methoxy groups -OCH3 is 1. The highest BCUT2D eigenvalue weighted by molar-refractivity contribution is 5.57. The van der Waals surface area contributed by atoms with Gasteiger partial charge >= 0.3 is 0 Å². The summed E-state index contributed by atoms with van der Waals surface area (Å²) in [5, 5.41) is 6.53. The van der Waals surface area contributed by atoms with Crippen molar-refractivity contribution < 1.29 is 9.47 Å². The van der Waals surface area contributed by atoms with Crippen molar-refractivity contribution in [3.05, 3.63) is 11.9 Å². The predicted octanol–water partition coefficient (Wildman–Crippen LogP) is 2.33. The van der Waals surface area contributed by atoms with Gasteiger partial charge < -0.3 is 20.1 Å². The zero-order chi connectivity index (χ0) is 15.3. The van der Waals surface area contributed by atoms with Crippen LogP contribution < -0.4 is 10.6 Å². The highest BCUT2D eigenvalue weighted by Gasteiger charge is 2.08. The van der Waals surface area contributed by atoms with Gasteiger partial charge in [-0.25, -0.2) is 9.97 Å². The first-order valence-corrected chi connectivity index (χ1v) is 7.65. The number of nitrogens with zero attached hydrogens (tertiary/aromatic N) is 2. The monoisotopic (exact) mass is 296 g/mol. The average molecular weight is 296 g/mol. The minimum Gasteiger partial charge on any atom is -0.382 e. The van der Waals surface area contributed by atoms with Gasteiger partial charge in [0.2, 0.25) is 0 Å². The molecule has 1 rings (SSSR count). The Morgan fingerprint density at radius 1 is 1.10 bits per heavy atom. The second kappa shape index (κ2) is 11.3. The van der Waals surface area contributed by atoms with Gasteiger partial charge in [-0.05, 0) is 19.3 Å². The number of hydrogen-bond donors (Lipinski definition) is 2. The third-order valence-electron chi connectivity index (χ3n) is 3.12. The summed E-state index contributed by atoms with van der Waals surface area (Å²) < 4.78 is 10.4. The molecule has 21 heavy (non-hydrogen) atoms. The number of aromatic nitrogens is 2. The van der Waals surface area contributed by atoms with E-state index in [1.807, 2.05) is 7.05 Å². The molecule has 0 spiro atoms. The lowest BCUT2D eigenvalue weighted by Crippen LogP contribution is -2.10. The topological polar surface area (TPSA) is 68.3 Å². The maximum Gasteiger partial charge on any atom is 0.134 e. The standard InChI is InChI=1S/C15H28N4O2/c1-4-7-13-14(16-2)18-12-19-15(13)17-8-5-6-9-21-11-10-20-3/h12H,4-11H2,1-3H3,(H2,16,17,18,19). The molecule has 1 aromatic heterocycles. The highest BCUT2D eigenvalue weighted by Crippen LogP contribution is 2.21. The van der Waals surface area contributed by atoms with E-state index in [4.69, 9.17) is 9.47 Å². The van der Waals surface area contributed by atoms with E-state index in [9.17, 15) is 0 Å². The summed E-state index contributed by atoms with van der Waals surface area (Å²) in [7, 11) is 3.57. The van der Waals surface area contributed by atoms with E-state index in [1.165, 1.54) is 5.56 Å². The van der Waals surface area contributed by atoms with E-state index >= 15 is 0 Å². The molecule has 0 saturated heterocycles. The van der Waals surface area contributed by atoms with Crippen LogP contribution in [0, 0.1) is 0 Å². The average Bonchev–Trinajstić information content (AvgIpc) is 2.51. The summed E-state index contributed by atoms with van der Waals surface area (Å²) in [4.78, 5) is 8.62. The number of ether oxygens (including phenoxy) is 2. The molecule has 0 saturated carbocycles. The first-order chi connectivity index (χ1) is 10.3. The molecule has 0 aromatic carbocycles. The summed E-state index contributed by atoms with van der Waals surface area (Å²) >= 11 is 0. The van der Waals surface area contributed by atoms with Crippen LogP contribution in [0.4, 0.5) is 11.6 Å². The van der Waals surface area contributed by atoms with E-state index in [0.717, 1.165) is 50.5 Å². The van der Waals surface area contributed by atoms with Gasteiger partial charge in [0.15, 0.2) is 0 Å². The van der Waals surface area contributed by atoms with Crippen molar-refractivity contribution in [2.24, 2.45) is 0 Å². The van der Waals surface area contributed by atoms with Crippen LogP contribution in [0.5, 0.6) is 0 Å². The lowest BCUT2D eigenvalue weighted by molar-refractivity contribution is 0.0691. The molecule has 0 fully saturated rings. The second-order valence-corrected chi connectivity index (χ2v) is 4.79. The van der Waals surface area contributed by atoms with Crippen molar-refractivity contribution in [3.63, 3.8) is 0 Å². The Balaban J connectivity index is 2.31. The molecule has 0 unspecified atom stereocenters. The molecule has 0 aliphatic heterocycles. The number of hydrogen-bond acceptors (Lipinski definition) is 6. The van der Waals surface area contributed by atoms with E-state index < -0.39 is 0 Å². The Bertz CT molecular complexity index is 388. The smallest absolute Gasteiger partial charge is 0.134 e. The largest absolute Gasteiger partial charge is 0.382 e. The SMILES string of the molecule is CCCc1c(NC)ncnc1NCCCCOCCOC. The van der Waals surface area contributed by atoms with Crippen molar-refractivity contribution in [1.29, 1.82) is 0 Å². The Hall–Kier alpha value is -1.40. The minimum atomic E-state index is 0.659. The van der Waals surface area contributed by atoms with Crippen molar-refractivity contribution in [1.82, 2.24) is 9.97 Å². The molecule has 1 aromatic rings. The van der Waals surface area contributed by atoms with Gasteiger partial charge in [0.1, 0.15) is 18.0 Å². The Morgan fingerprint density at radius 3 is 2.62 bits per heavy atom. The zero-order valence-electron chi connectivity index (χ0n) is 13.4. The summed E-state index contributed by atoms with van der Waals surface area (Å²) in [5.41, 5.74) is 1.17. The van der Waals surface area contributed by atoms with Crippen LogP contribution in [0.3, 0.4) is 0 Å². The van der Waals surface area contributed by atoms with Crippen molar-refractivity contribution in [2.45, 2.75) is 32.6 Å². The van der Waals surface area contributed by atoms with Crippen LogP contribution in [0.15, 0.2) is 6.33 Å². The molecule has 2 N–H and O–H groups in total. The lowest BCUT2D eigenvalue weighted by atomic mass is 10.1. The summed E-state index contributed by atoms with van der Waals surface area (Å²) in [5.74, 6) is 1.86. The molecule has 0 aliphatic rings. The normalized spacial score (nSPS) is 10.6. The molecule has 0 radical (unpaired) electrons. The van der Waals surface area contributed by atoms with Gasteiger partial charge in [-0.15, -0.1) is 0 Å². The van der Waals surface area contributed by atoms with Crippen LogP contribution in [0.25, 0.3) is 0 Å². The van der Waals surface area contributed by atoms with Gasteiger partial charge in [-0.3, -0.25) is 0 Å². The number of rotatable bonds is 12. The molecule has 0 aliphatic carbocycles. The van der Waals surface area contributed by atoms with Crippen molar-refractivity contribution >= 4 is 11.6 Å². The van der Waals surface area contributed by atoms with Gasteiger partial charge in [0, 0.05) is 32.9 Å². The fraction of sp³-hybridized carbons (Fsp3) is 0.733. The molecule has 0 amide bonds. The van der Waals surface area contributed by atoms with Crippen LogP contribution >= 0.6 is 0 Å². The Morgan fingerprint density at radius 2 is 1.90 bits per heavy atom. The highest BCUT2D eigenvalue weighted by atomic mass is 16.5. The van der Waals surface area contributed by atoms with Gasteiger partial charge in [0.05, 0.1) is 13.2 Å². The van der Waals surface area contributed by atoms with Crippen molar-refractivity contribution in [3.8, 4) is 0 Å². The molecule has 0 atom stereocenters. The third kappa shape index (κ3) is 6.73. The fourth-order valence-corrected chi connectivity index (χ4v) is 2.05. The minimum absolute atomic E-state index is 0.659. The Labute approximate surface area is 127 Å². The fourth-order valence-electron chi connectivity index (χ4n) is 2.05. The van der Waals surface area contributed by atoms with Gasteiger partial charge in [-0.2, -0.15) is 0 Å². The molecule has 1 heterocycles. The maximum absolute atomic E-state index is 5.44. The summed E-state index contributed by atoms with van der Waals surface area (Å²) in [6.45, 7) is 5.16. The molecular formula is C15H28N4O2. The van der Waals surface area contributed by atoms with E-state index in [2.05, 4.69) is 27.5 Å². The molecule has 6 nitrogen and oxygen atoms in total. The molecule has 0 bridgehead atoms. The van der Waals surface area contributed by atoms with E-state index in [-0.39, 0.29) is 0 Å². The number of nitrogens with one attached hydrogen (secondary N) is 2. The first kappa shape index (κ1) is 17.7. The number of anilines is 2. The van der Waals surface area contributed by atoms with Crippen molar-refractivity contribution in [2.75, 3.05) is 51.2 Å². The Kier molecular flexibility index (Phi) is 9.48. The quantitative estimate of drug-likeness (QED) is 0.577. The first-order valence-electron chi connectivity index (χ1n) is 7.65. The maximum atomic E-state index is 5.44. The summed E-state index contributed by atoms with van der Waals surface area (Å²) in [6.07, 6.45) is 5.73. The third-order valence-corrected chi connectivity index (χ3v) is 3.12. The predicted molar refractivity (Wildman–Crippen MR) is 86.0 cm³/mol. The number of unbranched alkanes of at least 4 members (excludes halogenated alkanes) is 1. The summed E-state index contributed by atoms with van der Waals surface area (Å²) in [6, 6.07) is 0. The van der Waals surface area contributed by atoms with Crippen LogP contribution in [0.2, 0.25) is 0 Å². The molecular weight excluding hydrogens is 268 g/mol. The van der Waals surface area contributed by atoms with Crippen LogP contribution in [-0.2, 0) is 15.9 Å². The molecule has 120 valence electrons. The lowest BCUT2D eigenvalue weighted by Gasteiger charge is -2.13. The zero-order valence-corrected chi connectivity index (χ0v) is 13.4. The van der Waals surface area contributed by atoms with Crippen LogP contribution in [0.1, 0.15) is 31.7 Å². The van der Waals surface area contributed by atoms with Gasteiger partial charge in [-0.1, -0.05) is 13.3 Å². The second-order valence-electron chi connectivity index (χ2n) is 4.79. The molecule has 6 heteroatoms.